The molecule has 0 bridgehead atoms. The van der Waals surface area contributed by atoms with Crippen LogP contribution in [0.2, 0.25) is 0 Å². The molecule has 0 saturated heterocycles. The monoisotopic (exact) mass is 354 g/mol. The van der Waals surface area contributed by atoms with Crippen molar-refractivity contribution >= 4 is 22.5 Å². The summed E-state index contributed by atoms with van der Waals surface area (Å²) in [6, 6.07) is 24.8. The standard InChI is InChI=1S/C23H18N2O2/c1-27-18-13-11-16(12-14-18)19-8-2-3-9-20(19)23(26)25-21-10-4-6-17-7-5-15-24-22(17)21/h2-15H,1H3,(H,25,26). The highest BCUT2D eigenvalue weighted by Crippen LogP contribution is 2.27. The molecule has 4 rings (SSSR count). The number of amides is 1. The molecule has 3 aromatic carbocycles. The van der Waals surface area contributed by atoms with Crippen LogP contribution in [0, 0.1) is 0 Å². The number of hydrogen-bond donors (Lipinski definition) is 1. The lowest BCUT2D eigenvalue weighted by atomic mass is 9.99. The van der Waals surface area contributed by atoms with Crippen LogP contribution in [0.25, 0.3) is 22.0 Å². The van der Waals surface area contributed by atoms with E-state index in [0.29, 0.717) is 11.3 Å². The van der Waals surface area contributed by atoms with Gasteiger partial charge in [-0.25, -0.2) is 0 Å². The Hall–Kier alpha value is -3.66. The number of aromatic nitrogens is 1. The Bertz CT molecular complexity index is 1100. The Kier molecular flexibility index (Phi) is 4.54. The summed E-state index contributed by atoms with van der Waals surface area (Å²) in [5.74, 6) is 0.613. The Morgan fingerprint density at radius 3 is 2.48 bits per heavy atom. The minimum absolute atomic E-state index is 0.167. The second kappa shape index (κ2) is 7.30. The first kappa shape index (κ1) is 16.8. The molecular formula is C23H18N2O2. The molecule has 0 atom stereocenters. The lowest BCUT2D eigenvalue weighted by Crippen LogP contribution is -2.13. The number of carbonyl (C=O) groups is 1. The highest BCUT2D eigenvalue weighted by molar-refractivity contribution is 6.11. The van der Waals surface area contributed by atoms with Gasteiger partial charge in [0.2, 0.25) is 0 Å². The quantitative estimate of drug-likeness (QED) is 0.550. The third-order valence-electron chi connectivity index (χ3n) is 4.45. The number of benzene rings is 3. The summed E-state index contributed by atoms with van der Waals surface area (Å²) < 4.78 is 5.22. The van der Waals surface area contributed by atoms with Gasteiger partial charge < -0.3 is 10.1 Å². The van der Waals surface area contributed by atoms with Gasteiger partial charge in [-0.1, -0.05) is 48.5 Å². The van der Waals surface area contributed by atoms with Crippen LogP contribution < -0.4 is 10.1 Å². The van der Waals surface area contributed by atoms with E-state index in [4.69, 9.17) is 4.74 Å². The highest BCUT2D eigenvalue weighted by atomic mass is 16.5. The van der Waals surface area contributed by atoms with Gasteiger partial charge in [-0.15, -0.1) is 0 Å². The van der Waals surface area contributed by atoms with Crippen molar-refractivity contribution in [3.05, 3.63) is 90.6 Å². The molecule has 0 spiro atoms. The van der Waals surface area contributed by atoms with Crippen LogP contribution >= 0.6 is 0 Å². The van der Waals surface area contributed by atoms with E-state index in [1.807, 2.05) is 78.9 Å². The number of nitrogens with zero attached hydrogens (tertiary/aromatic N) is 1. The summed E-state index contributed by atoms with van der Waals surface area (Å²) in [6.07, 6.45) is 1.73. The number of hydrogen-bond acceptors (Lipinski definition) is 3. The van der Waals surface area contributed by atoms with Crippen molar-refractivity contribution in [3.8, 4) is 16.9 Å². The van der Waals surface area contributed by atoms with Gasteiger partial charge in [-0.2, -0.15) is 0 Å². The van der Waals surface area contributed by atoms with E-state index in [0.717, 1.165) is 27.8 Å². The van der Waals surface area contributed by atoms with Crippen LogP contribution in [0.3, 0.4) is 0 Å². The maximum Gasteiger partial charge on any atom is 0.256 e. The lowest BCUT2D eigenvalue weighted by Gasteiger charge is -2.12. The molecule has 1 aromatic heterocycles. The van der Waals surface area contributed by atoms with Crippen molar-refractivity contribution in [1.82, 2.24) is 4.98 Å². The van der Waals surface area contributed by atoms with Gasteiger partial charge in [0.15, 0.2) is 0 Å². The van der Waals surface area contributed by atoms with Crippen molar-refractivity contribution in [2.24, 2.45) is 0 Å². The molecule has 0 saturated carbocycles. The lowest BCUT2D eigenvalue weighted by molar-refractivity contribution is 0.102. The van der Waals surface area contributed by atoms with Crippen LogP contribution in [-0.2, 0) is 0 Å². The summed E-state index contributed by atoms with van der Waals surface area (Å²) in [5, 5.41) is 3.99. The Labute approximate surface area is 157 Å². The third kappa shape index (κ3) is 3.37. The molecule has 1 heterocycles. The topological polar surface area (TPSA) is 51.2 Å². The van der Waals surface area contributed by atoms with E-state index < -0.39 is 0 Å². The van der Waals surface area contributed by atoms with Gasteiger partial charge in [0.1, 0.15) is 5.75 Å². The number of rotatable bonds is 4. The first-order valence-corrected chi connectivity index (χ1v) is 8.65. The van der Waals surface area contributed by atoms with E-state index in [1.54, 1.807) is 13.3 Å². The molecular weight excluding hydrogens is 336 g/mol. The SMILES string of the molecule is COc1ccc(-c2ccccc2C(=O)Nc2cccc3cccnc23)cc1. The molecule has 0 aliphatic rings. The van der Waals surface area contributed by atoms with Crippen molar-refractivity contribution in [2.75, 3.05) is 12.4 Å². The van der Waals surface area contributed by atoms with E-state index in [9.17, 15) is 4.79 Å². The molecule has 132 valence electrons. The maximum atomic E-state index is 13.0. The molecule has 0 unspecified atom stereocenters. The zero-order valence-corrected chi connectivity index (χ0v) is 14.8. The van der Waals surface area contributed by atoms with Gasteiger partial charge in [-0.05, 0) is 41.5 Å². The molecule has 4 heteroatoms. The van der Waals surface area contributed by atoms with E-state index >= 15 is 0 Å². The number of pyridine rings is 1. The molecule has 1 N–H and O–H groups in total. The number of anilines is 1. The fourth-order valence-electron chi connectivity index (χ4n) is 3.10. The molecule has 1 amide bonds. The predicted molar refractivity (Wildman–Crippen MR) is 108 cm³/mol. The number of ether oxygens (including phenoxy) is 1. The predicted octanol–water partition coefficient (Wildman–Crippen LogP) is 5.16. The average molecular weight is 354 g/mol. The van der Waals surface area contributed by atoms with Gasteiger partial charge in [0.05, 0.1) is 18.3 Å². The van der Waals surface area contributed by atoms with Gasteiger partial charge >= 0.3 is 0 Å². The number of carbonyl (C=O) groups excluding carboxylic acids is 1. The molecule has 0 radical (unpaired) electrons. The molecule has 0 aliphatic carbocycles. The van der Waals surface area contributed by atoms with Crippen molar-refractivity contribution in [3.63, 3.8) is 0 Å². The second-order valence-corrected chi connectivity index (χ2v) is 6.11. The van der Waals surface area contributed by atoms with E-state index in [2.05, 4.69) is 10.3 Å². The van der Waals surface area contributed by atoms with Gasteiger partial charge in [-0.3, -0.25) is 9.78 Å². The fourth-order valence-corrected chi connectivity index (χ4v) is 3.10. The first-order valence-electron chi connectivity index (χ1n) is 8.65. The zero-order valence-electron chi connectivity index (χ0n) is 14.8. The summed E-state index contributed by atoms with van der Waals surface area (Å²) in [6.45, 7) is 0. The van der Waals surface area contributed by atoms with Crippen LogP contribution in [0.1, 0.15) is 10.4 Å². The first-order chi connectivity index (χ1) is 13.3. The van der Waals surface area contributed by atoms with Crippen molar-refractivity contribution < 1.29 is 9.53 Å². The van der Waals surface area contributed by atoms with Gasteiger partial charge in [0, 0.05) is 17.1 Å². The van der Waals surface area contributed by atoms with Crippen molar-refractivity contribution in [2.45, 2.75) is 0 Å². The van der Waals surface area contributed by atoms with Crippen LogP contribution in [0.4, 0.5) is 5.69 Å². The summed E-state index contributed by atoms with van der Waals surface area (Å²) in [4.78, 5) is 17.4. The smallest absolute Gasteiger partial charge is 0.256 e. The molecule has 27 heavy (non-hydrogen) atoms. The molecule has 4 nitrogen and oxygen atoms in total. The van der Waals surface area contributed by atoms with E-state index in [-0.39, 0.29) is 5.91 Å². The van der Waals surface area contributed by atoms with Gasteiger partial charge in [0.25, 0.3) is 5.91 Å². The molecule has 0 fully saturated rings. The van der Waals surface area contributed by atoms with Crippen LogP contribution in [0.15, 0.2) is 85.1 Å². The second-order valence-electron chi connectivity index (χ2n) is 6.11. The Balaban J connectivity index is 1.70. The molecule has 0 aliphatic heterocycles. The Morgan fingerprint density at radius 1 is 0.889 bits per heavy atom. The zero-order chi connectivity index (χ0) is 18.6. The van der Waals surface area contributed by atoms with E-state index in [1.165, 1.54) is 0 Å². The number of methoxy groups -OCH3 is 1. The minimum Gasteiger partial charge on any atom is -0.497 e. The Morgan fingerprint density at radius 2 is 1.67 bits per heavy atom. The average Bonchev–Trinajstić information content (AvgIpc) is 2.74. The number of fused-ring (bicyclic) bond motifs is 1. The minimum atomic E-state index is -0.167. The normalized spacial score (nSPS) is 10.6. The summed E-state index contributed by atoms with van der Waals surface area (Å²) in [5.41, 5.74) is 3.90. The molecule has 4 aromatic rings. The largest absolute Gasteiger partial charge is 0.497 e. The fraction of sp³-hybridized carbons (Fsp3) is 0.0435. The number of para-hydroxylation sites is 1. The maximum absolute atomic E-state index is 13.0. The van der Waals surface area contributed by atoms with Crippen molar-refractivity contribution in [1.29, 1.82) is 0 Å². The summed E-state index contributed by atoms with van der Waals surface area (Å²) in [7, 11) is 1.63. The number of nitrogens with one attached hydrogen (secondary N) is 1. The third-order valence-corrected chi connectivity index (χ3v) is 4.45. The highest BCUT2D eigenvalue weighted by Gasteiger charge is 2.14. The van der Waals surface area contributed by atoms with Crippen LogP contribution in [-0.4, -0.2) is 18.0 Å². The summed E-state index contributed by atoms with van der Waals surface area (Å²) >= 11 is 0. The van der Waals surface area contributed by atoms with Crippen LogP contribution in [0.5, 0.6) is 5.75 Å².